The molecule has 4 rings (SSSR count). The quantitative estimate of drug-likeness (QED) is 0.675. The van der Waals surface area contributed by atoms with Crippen molar-refractivity contribution in [2.24, 2.45) is 0 Å². The molecule has 1 saturated heterocycles. The van der Waals surface area contributed by atoms with Gasteiger partial charge in [0, 0.05) is 17.3 Å². The minimum Gasteiger partial charge on any atom is -0.371 e. The molecule has 1 aliphatic rings. The van der Waals surface area contributed by atoms with Gasteiger partial charge in [-0.05, 0) is 12.1 Å². The third-order valence-electron chi connectivity index (χ3n) is 3.45. The molecular weight excluding hydrogens is 336 g/mol. The zero-order chi connectivity index (χ0) is 15.8. The highest BCUT2D eigenvalue weighted by Gasteiger charge is 2.24. The van der Waals surface area contributed by atoms with E-state index in [1.165, 1.54) is 18.1 Å². The van der Waals surface area contributed by atoms with E-state index in [1.54, 1.807) is 29.2 Å². The maximum Gasteiger partial charge on any atom is 0.262 e. The molecule has 2 aromatic heterocycles. The fourth-order valence-corrected chi connectivity index (χ4v) is 3.37. The van der Waals surface area contributed by atoms with E-state index in [2.05, 4.69) is 15.0 Å². The van der Waals surface area contributed by atoms with Gasteiger partial charge in [-0.3, -0.25) is 14.3 Å². The lowest BCUT2D eigenvalue weighted by Gasteiger charge is -2.08. The van der Waals surface area contributed by atoms with Crippen molar-refractivity contribution in [1.82, 2.24) is 19.5 Å². The first-order valence-electron chi connectivity index (χ1n) is 6.95. The monoisotopic (exact) mass is 346 g/mol. The zero-order valence-electron chi connectivity index (χ0n) is 11.8. The molecule has 6 nitrogen and oxygen atoms in total. The average Bonchev–Trinajstić information content (AvgIpc) is 3.38. The average molecular weight is 347 g/mol. The molecule has 0 N–H and O–H groups in total. The summed E-state index contributed by atoms with van der Waals surface area (Å²) in [5, 5.41) is 1.52. The number of epoxide rings is 1. The van der Waals surface area contributed by atoms with E-state index in [0.29, 0.717) is 34.1 Å². The predicted molar refractivity (Wildman–Crippen MR) is 86.9 cm³/mol. The van der Waals surface area contributed by atoms with Gasteiger partial charge in [0.2, 0.25) is 0 Å². The molecule has 1 unspecified atom stereocenters. The Morgan fingerprint density at radius 3 is 2.96 bits per heavy atom. The van der Waals surface area contributed by atoms with Gasteiger partial charge in [-0.15, -0.1) is 0 Å². The number of hydrogen-bond acceptors (Lipinski definition) is 6. The highest BCUT2D eigenvalue weighted by Crippen LogP contribution is 2.34. The van der Waals surface area contributed by atoms with Crippen molar-refractivity contribution in [3.05, 3.63) is 52.4 Å². The Balaban J connectivity index is 1.79. The summed E-state index contributed by atoms with van der Waals surface area (Å²) in [7, 11) is 0. The van der Waals surface area contributed by atoms with Gasteiger partial charge in [0.05, 0.1) is 47.7 Å². The number of ether oxygens (including phenoxy) is 1. The summed E-state index contributed by atoms with van der Waals surface area (Å²) in [4.78, 5) is 26.0. The molecule has 23 heavy (non-hydrogen) atoms. The van der Waals surface area contributed by atoms with Gasteiger partial charge in [0.15, 0.2) is 0 Å². The van der Waals surface area contributed by atoms with E-state index >= 15 is 0 Å². The Kier molecular flexibility index (Phi) is 3.76. The lowest BCUT2D eigenvalue weighted by molar-refractivity contribution is 0.380. The second kappa shape index (κ2) is 5.92. The van der Waals surface area contributed by atoms with E-state index in [4.69, 9.17) is 16.3 Å². The number of fused-ring (bicyclic) bond motifs is 1. The molecule has 0 saturated carbocycles. The van der Waals surface area contributed by atoms with Crippen LogP contribution in [0.4, 0.5) is 0 Å². The van der Waals surface area contributed by atoms with Crippen molar-refractivity contribution in [3.63, 3.8) is 0 Å². The second-order valence-electron chi connectivity index (χ2n) is 5.07. The lowest BCUT2D eigenvalue weighted by Crippen LogP contribution is -2.23. The summed E-state index contributed by atoms with van der Waals surface area (Å²) >= 11 is 7.83. The van der Waals surface area contributed by atoms with Crippen molar-refractivity contribution in [3.8, 4) is 0 Å². The van der Waals surface area contributed by atoms with E-state index in [1.807, 2.05) is 6.07 Å². The Bertz CT molecular complexity index is 928. The first-order chi connectivity index (χ1) is 11.2. The molecule has 0 amide bonds. The minimum absolute atomic E-state index is 0.0999. The first kappa shape index (κ1) is 14.6. The Morgan fingerprint density at radius 2 is 2.22 bits per heavy atom. The zero-order valence-corrected chi connectivity index (χ0v) is 13.4. The summed E-state index contributed by atoms with van der Waals surface area (Å²) in [5.74, 6) is 0. The van der Waals surface area contributed by atoms with E-state index < -0.39 is 0 Å². The molecule has 1 aliphatic heterocycles. The Morgan fingerprint density at radius 1 is 1.35 bits per heavy atom. The topological polar surface area (TPSA) is 73.2 Å². The van der Waals surface area contributed by atoms with Crippen LogP contribution in [0.2, 0.25) is 5.02 Å². The molecule has 0 bridgehead atoms. The molecule has 3 aromatic rings. The normalized spacial score (nSPS) is 16.7. The largest absolute Gasteiger partial charge is 0.371 e. The number of benzene rings is 1. The van der Waals surface area contributed by atoms with Crippen LogP contribution in [0.3, 0.4) is 0 Å². The maximum atomic E-state index is 12.7. The molecule has 116 valence electrons. The van der Waals surface area contributed by atoms with Crippen molar-refractivity contribution < 1.29 is 4.74 Å². The first-order valence-corrected chi connectivity index (χ1v) is 8.15. The van der Waals surface area contributed by atoms with E-state index in [-0.39, 0.29) is 11.7 Å². The number of rotatable bonds is 4. The number of nitrogens with zero attached hydrogens (tertiary/aromatic N) is 4. The summed E-state index contributed by atoms with van der Waals surface area (Å²) < 4.78 is 6.72. The number of hydrogen-bond donors (Lipinski definition) is 0. The van der Waals surface area contributed by atoms with Gasteiger partial charge in [0.1, 0.15) is 5.03 Å². The highest BCUT2D eigenvalue weighted by atomic mass is 35.5. The van der Waals surface area contributed by atoms with Gasteiger partial charge in [-0.1, -0.05) is 23.4 Å². The summed E-state index contributed by atoms with van der Waals surface area (Å²) in [5.41, 5.74) is 0.425. The summed E-state index contributed by atoms with van der Waals surface area (Å²) in [6.45, 7) is 1.18. The van der Waals surface area contributed by atoms with Crippen molar-refractivity contribution >= 4 is 34.3 Å². The van der Waals surface area contributed by atoms with E-state index in [0.717, 1.165) is 4.90 Å². The Labute approximate surface area is 140 Å². The molecule has 1 atom stereocenters. The number of aromatic nitrogens is 4. The molecule has 0 radical (unpaired) electrons. The van der Waals surface area contributed by atoms with Gasteiger partial charge >= 0.3 is 0 Å². The third kappa shape index (κ3) is 2.95. The fraction of sp³-hybridized carbons (Fsp3) is 0.200. The molecule has 1 fully saturated rings. The standard InChI is InChI=1S/C15H11ClN4O2S/c16-14-11(23-12-5-17-3-4-18-12)2-1-10-13(14)15(21)20(8-19-10)6-9-7-22-9/h1-5,8-9H,6-7H2. The van der Waals surface area contributed by atoms with Crippen LogP contribution in [-0.4, -0.2) is 32.2 Å². The molecule has 8 heteroatoms. The minimum atomic E-state index is -0.155. The highest BCUT2D eigenvalue weighted by molar-refractivity contribution is 7.99. The van der Waals surface area contributed by atoms with Crippen molar-refractivity contribution in [1.29, 1.82) is 0 Å². The van der Waals surface area contributed by atoms with Crippen LogP contribution < -0.4 is 5.56 Å². The molecule has 0 aliphatic carbocycles. The van der Waals surface area contributed by atoms with Gasteiger partial charge < -0.3 is 4.74 Å². The SMILES string of the molecule is O=c1c2c(Cl)c(Sc3cnccn3)ccc2ncn1CC1CO1. The fourth-order valence-electron chi connectivity index (χ4n) is 2.24. The van der Waals surface area contributed by atoms with Gasteiger partial charge in [0.25, 0.3) is 5.56 Å². The van der Waals surface area contributed by atoms with Gasteiger partial charge in [-0.25, -0.2) is 9.97 Å². The Hall–Kier alpha value is -1.96. The van der Waals surface area contributed by atoms with Crippen LogP contribution >= 0.6 is 23.4 Å². The summed E-state index contributed by atoms with van der Waals surface area (Å²) in [6.07, 6.45) is 6.51. The molecule has 3 heterocycles. The maximum absolute atomic E-state index is 12.7. The van der Waals surface area contributed by atoms with Crippen molar-refractivity contribution in [2.75, 3.05) is 6.61 Å². The predicted octanol–water partition coefficient (Wildman–Crippen LogP) is 2.39. The molecule has 1 aromatic carbocycles. The number of halogens is 1. The lowest BCUT2D eigenvalue weighted by atomic mass is 10.2. The third-order valence-corrected chi connectivity index (χ3v) is 4.94. The van der Waals surface area contributed by atoms with Gasteiger partial charge in [-0.2, -0.15) is 0 Å². The smallest absolute Gasteiger partial charge is 0.262 e. The van der Waals surface area contributed by atoms with Crippen LogP contribution in [0, 0.1) is 0 Å². The van der Waals surface area contributed by atoms with Crippen molar-refractivity contribution in [2.45, 2.75) is 22.6 Å². The van der Waals surface area contributed by atoms with Crippen LogP contribution in [0.5, 0.6) is 0 Å². The molecule has 0 spiro atoms. The van der Waals surface area contributed by atoms with Crippen LogP contribution in [0.25, 0.3) is 10.9 Å². The second-order valence-corrected chi connectivity index (χ2v) is 6.52. The van der Waals surface area contributed by atoms with Crippen LogP contribution in [0.15, 0.2) is 51.8 Å². The van der Waals surface area contributed by atoms with Crippen LogP contribution in [0.1, 0.15) is 0 Å². The summed E-state index contributed by atoms with van der Waals surface area (Å²) in [6, 6.07) is 3.63. The molecular formula is C15H11ClN4O2S. The van der Waals surface area contributed by atoms with Crippen LogP contribution in [-0.2, 0) is 11.3 Å². The van der Waals surface area contributed by atoms with E-state index in [9.17, 15) is 4.79 Å².